The average molecular weight is 945 g/mol. The molecule has 0 aliphatic rings. The average Bonchev–Trinajstić information content (AvgIpc) is 4.03. The minimum absolute atomic E-state index is 0.595. The van der Waals surface area contributed by atoms with Gasteiger partial charge in [-0.15, -0.1) is 0 Å². The minimum atomic E-state index is 0.595. The van der Waals surface area contributed by atoms with Crippen LogP contribution in [0.3, 0.4) is 0 Å². The van der Waals surface area contributed by atoms with Crippen LogP contribution in [0.25, 0.3) is 139 Å². The summed E-state index contributed by atoms with van der Waals surface area (Å²) in [6.07, 6.45) is 0. The predicted octanol–water partition coefficient (Wildman–Crippen LogP) is 18.2. The molecule has 0 unspecified atom stereocenters. The van der Waals surface area contributed by atoms with Crippen molar-refractivity contribution in [1.29, 1.82) is 0 Å². The Morgan fingerprint density at radius 2 is 0.595 bits per heavy atom. The van der Waals surface area contributed by atoms with Gasteiger partial charge in [-0.2, -0.15) is 0 Å². The summed E-state index contributed by atoms with van der Waals surface area (Å²) in [5.41, 5.74) is 19.2. The molecule has 0 aliphatic heterocycles. The van der Waals surface area contributed by atoms with Gasteiger partial charge in [0.1, 0.15) is 11.2 Å². The van der Waals surface area contributed by atoms with Crippen molar-refractivity contribution in [3.05, 3.63) is 267 Å². The number of nitrogens with zero attached hydrogens (tertiary/aromatic N) is 4. The van der Waals surface area contributed by atoms with E-state index in [9.17, 15) is 0 Å². The summed E-state index contributed by atoms with van der Waals surface area (Å²) in [5.74, 6) is 1.79. The van der Waals surface area contributed by atoms with Gasteiger partial charge in [-0.05, 0) is 122 Å². The molecule has 14 rings (SSSR count). The van der Waals surface area contributed by atoms with Crippen molar-refractivity contribution in [2.24, 2.45) is 0 Å². The number of hydrogen-bond donors (Lipinski definition) is 0. The van der Waals surface area contributed by atoms with Crippen molar-refractivity contribution >= 4 is 43.7 Å². The normalized spacial score (nSPS) is 11.5. The SMILES string of the molecule is c1ccc(-c2cccc(-c3cccc(-c4cccc(-c5nc(-c6ccc(-c7cccc(-c8ccc9oc%10ccccc%10c9c8)c7)cc6)nc(-c6cccc(-n7c8ccccc8c8ccccc87)c6)n5)c4)c3)c2)cc1. The molecule has 74 heavy (non-hydrogen) atoms. The molecule has 0 amide bonds. The third-order valence-electron chi connectivity index (χ3n) is 14.2. The fourth-order valence-corrected chi connectivity index (χ4v) is 10.6. The monoisotopic (exact) mass is 944 g/mol. The molecular formula is C69H44N4O. The number of fused-ring (bicyclic) bond motifs is 6. The highest BCUT2D eigenvalue weighted by Gasteiger charge is 2.17. The van der Waals surface area contributed by atoms with E-state index in [0.717, 1.165) is 94.3 Å². The highest BCUT2D eigenvalue weighted by molar-refractivity contribution is 6.09. The Bertz CT molecular complexity index is 4380. The molecule has 0 fully saturated rings. The standard InChI is InChI=1S/C69H44N4O/c1-2-15-45(16-3-1)48-17-10-19-50(39-48)51-20-12-21-52(41-51)54-23-13-24-56(42-54)68-70-67(71-69(72-68)57-25-14-26-58(43-57)73-63-30-7-4-27-59(63)60-28-5-8-31-64(60)73)47-35-33-46(34-36-47)49-18-11-22-53(40-49)55-37-38-66-62(44-55)61-29-6-9-32-65(61)74-66/h1-44H. The van der Waals surface area contributed by atoms with E-state index in [1.807, 2.05) is 12.1 Å². The summed E-state index contributed by atoms with van der Waals surface area (Å²) in [5, 5.41) is 4.66. The Balaban J connectivity index is 0.848. The van der Waals surface area contributed by atoms with Gasteiger partial charge in [0, 0.05) is 43.9 Å². The van der Waals surface area contributed by atoms with Gasteiger partial charge in [0.2, 0.25) is 0 Å². The molecule has 5 nitrogen and oxygen atoms in total. The molecule has 0 N–H and O–H groups in total. The number of benzene rings is 11. The zero-order valence-electron chi connectivity index (χ0n) is 40.1. The summed E-state index contributed by atoms with van der Waals surface area (Å²) in [6.45, 7) is 0. The molecule has 0 radical (unpaired) electrons. The third kappa shape index (κ3) is 7.81. The van der Waals surface area contributed by atoms with Crippen molar-refractivity contribution in [3.8, 4) is 95.5 Å². The Morgan fingerprint density at radius 3 is 1.18 bits per heavy atom. The highest BCUT2D eigenvalue weighted by Crippen LogP contribution is 2.37. The summed E-state index contributed by atoms with van der Waals surface area (Å²) in [6, 6.07) is 94.3. The van der Waals surface area contributed by atoms with E-state index in [0.29, 0.717) is 17.5 Å². The zero-order valence-corrected chi connectivity index (χ0v) is 40.1. The molecule has 0 saturated carbocycles. The summed E-state index contributed by atoms with van der Waals surface area (Å²) in [4.78, 5) is 15.8. The first-order chi connectivity index (χ1) is 36.6. The second-order valence-electron chi connectivity index (χ2n) is 18.8. The fourth-order valence-electron chi connectivity index (χ4n) is 10.6. The fraction of sp³-hybridized carbons (Fsp3) is 0. The van der Waals surface area contributed by atoms with Crippen molar-refractivity contribution in [2.75, 3.05) is 0 Å². The maximum absolute atomic E-state index is 6.14. The van der Waals surface area contributed by atoms with E-state index in [2.05, 4.69) is 259 Å². The van der Waals surface area contributed by atoms with Gasteiger partial charge in [-0.1, -0.05) is 200 Å². The number of rotatable bonds is 9. The Morgan fingerprint density at radius 1 is 0.230 bits per heavy atom. The summed E-state index contributed by atoms with van der Waals surface area (Å²) in [7, 11) is 0. The van der Waals surface area contributed by atoms with Gasteiger partial charge in [0.15, 0.2) is 17.5 Å². The van der Waals surface area contributed by atoms with Crippen LogP contribution in [0, 0.1) is 0 Å². The number of hydrogen-bond acceptors (Lipinski definition) is 4. The number of furan rings is 1. The van der Waals surface area contributed by atoms with Crippen LogP contribution in [0.15, 0.2) is 271 Å². The lowest BCUT2D eigenvalue weighted by atomic mass is 9.95. The number of aromatic nitrogens is 4. The molecule has 0 saturated heterocycles. The first-order valence-corrected chi connectivity index (χ1v) is 25.0. The molecule has 0 atom stereocenters. The smallest absolute Gasteiger partial charge is 0.164 e. The van der Waals surface area contributed by atoms with Crippen LogP contribution in [0.2, 0.25) is 0 Å². The minimum Gasteiger partial charge on any atom is -0.456 e. The zero-order chi connectivity index (χ0) is 49.0. The lowest BCUT2D eigenvalue weighted by molar-refractivity contribution is 0.669. The van der Waals surface area contributed by atoms with Crippen molar-refractivity contribution < 1.29 is 4.42 Å². The third-order valence-corrected chi connectivity index (χ3v) is 14.2. The molecule has 5 heteroatoms. The molecule has 3 heterocycles. The Hall–Kier alpha value is -9.97. The van der Waals surface area contributed by atoms with Crippen LogP contribution in [0.5, 0.6) is 0 Å². The Labute approximate surface area is 428 Å². The maximum atomic E-state index is 6.14. The quantitative estimate of drug-likeness (QED) is 0.145. The van der Waals surface area contributed by atoms with E-state index in [-0.39, 0.29) is 0 Å². The molecule has 3 aromatic heterocycles. The van der Waals surface area contributed by atoms with Crippen LogP contribution >= 0.6 is 0 Å². The largest absolute Gasteiger partial charge is 0.456 e. The second-order valence-corrected chi connectivity index (χ2v) is 18.8. The van der Waals surface area contributed by atoms with Crippen LogP contribution in [-0.4, -0.2) is 19.5 Å². The van der Waals surface area contributed by atoms with E-state index in [1.54, 1.807) is 0 Å². The first kappa shape index (κ1) is 42.9. The van der Waals surface area contributed by atoms with Gasteiger partial charge >= 0.3 is 0 Å². The predicted molar refractivity (Wildman–Crippen MR) is 305 cm³/mol. The van der Waals surface area contributed by atoms with Gasteiger partial charge in [0.25, 0.3) is 0 Å². The molecule has 0 aliphatic carbocycles. The van der Waals surface area contributed by atoms with Crippen molar-refractivity contribution in [2.45, 2.75) is 0 Å². The van der Waals surface area contributed by atoms with E-state index in [4.69, 9.17) is 19.4 Å². The van der Waals surface area contributed by atoms with Gasteiger partial charge in [0.05, 0.1) is 11.0 Å². The highest BCUT2D eigenvalue weighted by atomic mass is 16.3. The first-order valence-electron chi connectivity index (χ1n) is 25.0. The lowest BCUT2D eigenvalue weighted by Gasteiger charge is -2.13. The van der Waals surface area contributed by atoms with E-state index >= 15 is 0 Å². The van der Waals surface area contributed by atoms with Gasteiger partial charge in [-0.3, -0.25) is 0 Å². The molecule has 0 spiro atoms. The Kier molecular flexibility index (Phi) is 10.4. The number of para-hydroxylation sites is 3. The molecule has 14 aromatic rings. The topological polar surface area (TPSA) is 56.7 Å². The molecule has 346 valence electrons. The van der Waals surface area contributed by atoms with E-state index in [1.165, 1.54) is 27.5 Å². The summed E-state index contributed by atoms with van der Waals surface area (Å²) < 4.78 is 8.47. The second kappa shape index (κ2) is 18.0. The van der Waals surface area contributed by atoms with E-state index < -0.39 is 0 Å². The summed E-state index contributed by atoms with van der Waals surface area (Å²) >= 11 is 0. The van der Waals surface area contributed by atoms with Crippen molar-refractivity contribution in [3.63, 3.8) is 0 Å². The molecule has 0 bridgehead atoms. The van der Waals surface area contributed by atoms with Crippen LogP contribution in [0.1, 0.15) is 0 Å². The van der Waals surface area contributed by atoms with Gasteiger partial charge < -0.3 is 8.98 Å². The maximum Gasteiger partial charge on any atom is 0.164 e. The molecule has 11 aromatic carbocycles. The van der Waals surface area contributed by atoms with Crippen molar-refractivity contribution in [1.82, 2.24) is 19.5 Å². The van der Waals surface area contributed by atoms with Crippen LogP contribution in [0.4, 0.5) is 0 Å². The lowest BCUT2D eigenvalue weighted by Crippen LogP contribution is -2.01. The van der Waals surface area contributed by atoms with Gasteiger partial charge in [-0.25, -0.2) is 15.0 Å². The van der Waals surface area contributed by atoms with Crippen LogP contribution < -0.4 is 0 Å². The molecular weight excluding hydrogens is 901 g/mol. The van der Waals surface area contributed by atoms with Crippen LogP contribution in [-0.2, 0) is 0 Å².